The summed E-state index contributed by atoms with van der Waals surface area (Å²) in [4.78, 5) is 11.7. The average molecular weight is 277 g/mol. The summed E-state index contributed by atoms with van der Waals surface area (Å²) in [7, 11) is 1.42. The molecule has 0 aliphatic heterocycles. The minimum absolute atomic E-state index is 0.0670. The number of hydrogen-bond donors (Lipinski definition) is 1. The summed E-state index contributed by atoms with van der Waals surface area (Å²) >= 11 is 0. The molecule has 0 saturated carbocycles. The van der Waals surface area contributed by atoms with Crippen molar-refractivity contribution in [3.05, 3.63) is 29.3 Å². The maximum atomic E-state index is 12.5. The SMILES string of the molecule is COCC(C)OC(=O)c1cc(C(F)(F)F)ccc1N. The highest BCUT2D eigenvalue weighted by Crippen LogP contribution is 2.31. The summed E-state index contributed by atoms with van der Waals surface area (Å²) in [5, 5.41) is 0. The molecule has 106 valence electrons. The van der Waals surface area contributed by atoms with Gasteiger partial charge >= 0.3 is 12.1 Å². The van der Waals surface area contributed by atoms with Gasteiger partial charge in [0.05, 0.1) is 17.7 Å². The van der Waals surface area contributed by atoms with Crippen LogP contribution in [0.5, 0.6) is 0 Å². The molecule has 1 aromatic rings. The zero-order chi connectivity index (χ0) is 14.6. The maximum absolute atomic E-state index is 12.5. The predicted molar refractivity (Wildman–Crippen MR) is 62.6 cm³/mol. The van der Waals surface area contributed by atoms with Gasteiger partial charge in [0.1, 0.15) is 6.10 Å². The number of rotatable bonds is 4. The highest BCUT2D eigenvalue weighted by atomic mass is 19.4. The zero-order valence-corrected chi connectivity index (χ0v) is 10.5. The summed E-state index contributed by atoms with van der Waals surface area (Å²) in [5.41, 5.74) is 4.16. The number of halogens is 3. The van der Waals surface area contributed by atoms with E-state index in [-0.39, 0.29) is 17.9 Å². The van der Waals surface area contributed by atoms with Crippen LogP contribution in [0.4, 0.5) is 18.9 Å². The molecule has 0 aromatic heterocycles. The molecule has 0 aliphatic rings. The van der Waals surface area contributed by atoms with E-state index in [1.165, 1.54) is 7.11 Å². The van der Waals surface area contributed by atoms with E-state index < -0.39 is 23.8 Å². The third-order valence-corrected chi connectivity index (χ3v) is 2.31. The van der Waals surface area contributed by atoms with Crippen molar-refractivity contribution in [3.8, 4) is 0 Å². The van der Waals surface area contributed by atoms with E-state index >= 15 is 0 Å². The van der Waals surface area contributed by atoms with Crippen molar-refractivity contribution in [2.75, 3.05) is 19.5 Å². The number of hydrogen-bond acceptors (Lipinski definition) is 4. The first kappa shape index (κ1) is 15.3. The van der Waals surface area contributed by atoms with E-state index in [1.807, 2.05) is 0 Å². The molecule has 4 nitrogen and oxygen atoms in total. The van der Waals surface area contributed by atoms with Crippen LogP contribution in [0.25, 0.3) is 0 Å². The molecule has 0 amide bonds. The lowest BCUT2D eigenvalue weighted by Crippen LogP contribution is -2.21. The largest absolute Gasteiger partial charge is 0.457 e. The molecule has 0 bridgehead atoms. The minimum Gasteiger partial charge on any atom is -0.457 e. The molecule has 7 heteroatoms. The molecule has 0 fully saturated rings. The summed E-state index contributed by atoms with van der Waals surface area (Å²) in [5.74, 6) is -0.909. The number of carbonyl (C=O) groups excluding carboxylic acids is 1. The highest BCUT2D eigenvalue weighted by molar-refractivity contribution is 5.95. The Morgan fingerprint density at radius 3 is 2.58 bits per heavy atom. The van der Waals surface area contributed by atoms with Crippen LogP contribution in [-0.2, 0) is 15.7 Å². The standard InChI is InChI=1S/C12H14F3NO3/c1-7(6-18-2)19-11(17)9-5-8(12(13,14)15)3-4-10(9)16/h3-5,7H,6,16H2,1-2H3. The summed E-state index contributed by atoms with van der Waals surface area (Å²) in [6.45, 7) is 1.70. The summed E-state index contributed by atoms with van der Waals surface area (Å²) in [6.07, 6.45) is -5.12. The third-order valence-electron chi connectivity index (χ3n) is 2.31. The number of nitrogen functional groups attached to an aromatic ring is 1. The van der Waals surface area contributed by atoms with Crippen LogP contribution in [0.15, 0.2) is 18.2 Å². The Hall–Kier alpha value is -1.76. The Labute approximate surface area is 108 Å². The van der Waals surface area contributed by atoms with E-state index in [0.29, 0.717) is 6.07 Å². The smallest absolute Gasteiger partial charge is 0.416 e. The Morgan fingerprint density at radius 2 is 2.05 bits per heavy atom. The van der Waals surface area contributed by atoms with Gasteiger partial charge in [0, 0.05) is 12.8 Å². The lowest BCUT2D eigenvalue weighted by atomic mass is 10.1. The van der Waals surface area contributed by atoms with E-state index in [1.54, 1.807) is 6.92 Å². The Balaban J connectivity index is 2.96. The summed E-state index contributed by atoms with van der Waals surface area (Å²) < 4.78 is 47.3. The number of benzene rings is 1. The van der Waals surface area contributed by atoms with Crippen LogP contribution in [0.3, 0.4) is 0 Å². The number of alkyl halides is 3. The molecule has 0 radical (unpaired) electrons. The first-order valence-electron chi connectivity index (χ1n) is 5.42. The van der Waals surface area contributed by atoms with E-state index in [9.17, 15) is 18.0 Å². The number of anilines is 1. The fraction of sp³-hybridized carbons (Fsp3) is 0.417. The zero-order valence-electron chi connectivity index (χ0n) is 10.5. The van der Waals surface area contributed by atoms with Gasteiger partial charge in [-0.2, -0.15) is 13.2 Å². The van der Waals surface area contributed by atoms with Gasteiger partial charge in [-0.25, -0.2) is 4.79 Å². The number of carbonyl (C=O) groups is 1. The first-order valence-corrected chi connectivity index (χ1v) is 5.42. The predicted octanol–water partition coefficient (Wildman–Crippen LogP) is 2.48. The van der Waals surface area contributed by atoms with Crippen molar-refractivity contribution in [1.82, 2.24) is 0 Å². The molecule has 0 spiro atoms. The van der Waals surface area contributed by atoms with Crippen LogP contribution in [0.1, 0.15) is 22.8 Å². The second-order valence-corrected chi connectivity index (χ2v) is 3.97. The number of methoxy groups -OCH3 is 1. The van der Waals surface area contributed by atoms with Gasteiger partial charge in [-0.3, -0.25) is 0 Å². The molecule has 1 aromatic carbocycles. The van der Waals surface area contributed by atoms with Crippen LogP contribution < -0.4 is 5.73 Å². The maximum Gasteiger partial charge on any atom is 0.416 e. The quantitative estimate of drug-likeness (QED) is 0.678. The van der Waals surface area contributed by atoms with E-state index in [0.717, 1.165) is 12.1 Å². The van der Waals surface area contributed by atoms with E-state index in [4.69, 9.17) is 15.2 Å². The van der Waals surface area contributed by atoms with Crippen molar-refractivity contribution in [2.24, 2.45) is 0 Å². The number of nitrogens with two attached hydrogens (primary N) is 1. The van der Waals surface area contributed by atoms with Crippen molar-refractivity contribution >= 4 is 11.7 Å². The fourth-order valence-electron chi connectivity index (χ4n) is 1.42. The molecule has 1 rings (SSSR count). The van der Waals surface area contributed by atoms with Crippen molar-refractivity contribution in [2.45, 2.75) is 19.2 Å². The highest BCUT2D eigenvalue weighted by Gasteiger charge is 2.32. The van der Waals surface area contributed by atoms with E-state index in [2.05, 4.69) is 0 Å². The Kier molecular flexibility index (Phi) is 4.77. The minimum atomic E-state index is -4.54. The molecular weight excluding hydrogens is 263 g/mol. The average Bonchev–Trinajstić information content (AvgIpc) is 2.27. The molecule has 1 atom stereocenters. The normalized spacial score (nSPS) is 13.1. The van der Waals surface area contributed by atoms with Gasteiger partial charge < -0.3 is 15.2 Å². The molecule has 0 saturated heterocycles. The molecule has 2 N–H and O–H groups in total. The Bertz CT molecular complexity index is 460. The topological polar surface area (TPSA) is 61.5 Å². The second-order valence-electron chi connectivity index (χ2n) is 3.97. The van der Waals surface area contributed by atoms with Gasteiger partial charge in [-0.15, -0.1) is 0 Å². The lowest BCUT2D eigenvalue weighted by molar-refractivity contribution is -0.137. The van der Waals surface area contributed by atoms with Gasteiger partial charge in [-0.05, 0) is 25.1 Å². The van der Waals surface area contributed by atoms with Crippen LogP contribution in [0.2, 0.25) is 0 Å². The number of esters is 1. The molecular formula is C12H14F3NO3. The first-order chi connectivity index (χ1) is 8.75. The number of ether oxygens (including phenoxy) is 2. The monoisotopic (exact) mass is 277 g/mol. The van der Waals surface area contributed by atoms with Crippen molar-refractivity contribution in [3.63, 3.8) is 0 Å². The van der Waals surface area contributed by atoms with Crippen molar-refractivity contribution in [1.29, 1.82) is 0 Å². The molecule has 1 unspecified atom stereocenters. The molecule has 19 heavy (non-hydrogen) atoms. The Morgan fingerprint density at radius 1 is 1.42 bits per heavy atom. The van der Waals surface area contributed by atoms with Gasteiger partial charge in [0.15, 0.2) is 0 Å². The van der Waals surface area contributed by atoms with Crippen LogP contribution >= 0.6 is 0 Å². The molecule has 0 heterocycles. The van der Waals surface area contributed by atoms with Gasteiger partial charge in [-0.1, -0.05) is 0 Å². The van der Waals surface area contributed by atoms with Gasteiger partial charge in [0.2, 0.25) is 0 Å². The summed E-state index contributed by atoms with van der Waals surface area (Å²) in [6, 6.07) is 2.52. The lowest BCUT2D eigenvalue weighted by Gasteiger charge is -2.14. The second kappa shape index (κ2) is 5.92. The van der Waals surface area contributed by atoms with Crippen molar-refractivity contribution < 1.29 is 27.4 Å². The molecule has 0 aliphatic carbocycles. The third kappa shape index (κ3) is 4.13. The van der Waals surface area contributed by atoms with Gasteiger partial charge in [0.25, 0.3) is 0 Å². The van der Waals surface area contributed by atoms with Crippen LogP contribution in [0, 0.1) is 0 Å². The fourth-order valence-corrected chi connectivity index (χ4v) is 1.42. The van der Waals surface area contributed by atoms with Crippen LogP contribution in [-0.4, -0.2) is 25.8 Å².